The number of methoxy groups -OCH3 is 1. The van der Waals surface area contributed by atoms with E-state index in [4.69, 9.17) is 10.2 Å². The van der Waals surface area contributed by atoms with Gasteiger partial charge in [0.1, 0.15) is 0 Å². The first kappa shape index (κ1) is 11.4. The number of hydrogen-bond acceptors (Lipinski definition) is 4. The number of ether oxygens (including phenoxy) is 1. The summed E-state index contributed by atoms with van der Waals surface area (Å²) in [5, 5.41) is 17.6. The van der Waals surface area contributed by atoms with Crippen molar-refractivity contribution in [3.05, 3.63) is 0 Å². The Kier molecular flexibility index (Phi) is 5.66. The Bertz CT molecular complexity index is 131. The molecule has 1 atom stereocenters. The lowest BCUT2D eigenvalue weighted by atomic mass is 9.91. The van der Waals surface area contributed by atoms with Crippen LogP contribution in [0.3, 0.4) is 0 Å². The van der Waals surface area contributed by atoms with Gasteiger partial charge in [-0.3, -0.25) is 4.79 Å². The van der Waals surface area contributed by atoms with E-state index in [1.54, 1.807) is 0 Å². The third kappa shape index (κ3) is 2.79. The molecule has 0 aromatic heterocycles. The molecule has 2 N–H and O–H groups in total. The molecule has 0 rings (SSSR count). The summed E-state index contributed by atoms with van der Waals surface area (Å²) >= 11 is 0. The summed E-state index contributed by atoms with van der Waals surface area (Å²) in [6, 6.07) is 0. The molecule has 0 fully saturated rings. The minimum Gasteiger partial charge on any atom is -0.469 e. The summed E-state index contributed by atoms with van der Waals surface area (Å²) in [6.45, 7) is 1.44. The fraction of sp³-hybridized carbons (Fsp3) is 0.875. The summed E-state index contributed by atoms with van der Waals surface area (Å²) in [5.74, 6) is -1.17. The van der Waals surface area contributed by atoms with Gasteiger partial charge in [0.15, 0.2) is 0 Å². The number of hydrogen-bond donors (Lipinski definition) is 2. The molecule has 0 aromatic carbocycles. The maximum absolute atomic E-state index is 11.1. The van der Waals surface area contributed by atoms with Crippen LogP contribution in [0, 0.1) is 11.8 Å². The summed E-state index contributed by atoms with van der Waals surface area (Å²) < 4.78 is 4.53. The smallest absolute Gasteiger partial charge is 0.309 e. The lowest BCUT2D eigenvalue weighted by molar-refractivity contribution is -0.149. The fourth-order valence-corrected chi connectivity index (χ4v) is 1.16. The molecular weight excluding hydrogens is 160 g/mol. The predicted molar refractivity (Wildman–Crippen MR) is 43.5 cm³/mol. The van der Waals surface area contributed by atoms with Crippen LogP contribution in [0.4, 0.5) is 0 Å². The number of rotatable bonds is 5. The van der Waals surface area contributed by atoms with E-state index in [1.807, 2.05) is 6.92 Å². The normalized spacial score (nSPS) is 13.1. The van der Waals surface area contributed by atoms with E-state index >= 15 is 0 Å². The number of carbonyl (C=O) groups excluding carboxylic acids is 1. The monoisotopic (exact) mass is 176 g/mol. The van der Waals surface area contributed by atoms with Crippen molar-refractivity contribution in [1.82, 2.24) is 0 Å². The van der Waals surface area contributed by atoms with Crippen LogP contribution in [0.25, 0.3) is 0 Å². The maximum atomic E-state index is 11.1. The second kappa shape index (κ2) is 5.97. The van der Waals surface area contributed by atoms with Crippen LogP contribution in [0.5, 0.6) is 0 Å². The van der Waals surface area contributed by atoms with Gasteiger partial charge in [0.05, 0.1) is 13.0 Å². The van der Waals surface area contributed by atoms with Crippen molar-refractivity contribution in [2.45, 2.75) is 13.3 Å². The number of aliphatic hydroxyl groups is 2. The lowest BCUT2D eigenvalue weighted by Crippen LogP contribution is -2.29. The van der Waals surface area contributed by atoms with Crippen molar-refractivity contribution < 1.29 is 19.7 Å². The Morgan fingerprint density at radius 3 is 2.17 bits per heavy atom. The molecule has 0 saturated heterocycles. The van der Waals surface area contributed by atoms with Gasteiger partial charge in [-0.15, -0.1) is 0 Å². The van der Waals surface area contributed by atoms with Crippen molar-refractivity contribution in [2.24, 2.45) is 11.8 Å². The molecule has 0 saturated carbocycles. The predicted octanol–water partition coefficient (Wildman–Crippen LogP) is -0.214. The zero-order chi connectivity index (χ0) is 9.56. The number of esters is 1. The van der Waals surface area contributed by atoms with E-state index in [1.165, 1.54) is 7.11 Å². The van der Waals surface area contributed by atoms with Crippen LogP contribution in [-0.2, 0) is 9.53 Å². The van der Waals surface area contributed by atoms with Gasteiger partial charge >= 0.3 is 5.97 Å². The van der Waals surface area contributed by atoms with Crippen molar-refractivity contribution in [2.75, 3.05) is 20.3 Å². The van der Waals surface area contributed by atoms with Gasteiger partial charge in [0, 0.05) is 19.1 Å². The van der Waals surface area contributed by atoms with E-state index in [0.29, 0.717) is 6.42 Å². The Balaban J connectivity index is 4.19. The van der Waals surface area contributed by atoms with Crippen molar-refractivity contribution in [3.8, 4) is 0 Å². The highest BCUT2D eigenvalue weighted by Gasteiger charge is 2.26. The molecule has 0 aliphatic heterocycles. The standard InChI is InChI=1S/C8H16O4/c1-3-7(8(11)12-2)6(4-9)5-10/h6-7,9-10H,3-5H2,1-2H3/t7-/m0/s1. The van der Waals surface area contributed by atoms with Gasteiger partial charge in [-0.2, -0.15) is 0 Å². The molecule has 4 heteroatoms. The van der Waals surface area contributed by atoms with E-state index in [-0.39, 0.29) is 19.2 Å². The molecule has 0 bridgehead atoms. The minimum absolute atomic E-state index is 0.190. The van der Waals surface area contributed by atoms with Crippen LogP contribution in [-0.4, -0.2) is 36.5 Å². The molecule has 0 spiro atoms. The van der Waals surface area contributed by atoms with E-state index in [0.717, 1.165) is 0 Å². The van der Waals surface area contributed by atoms with Crippen molar-refractivity contribution in [1.29, 1.82) is 0 Å². The van der Waals surface area contributed by atoms with Gasteiger partial charge in [0.2, 0.25) is 0 Å². The highest BCUT2D eigenvalue weighted by atomic mass is 16.5. The first-order valence-corrected chi connectivity index (χ1v) is 4.00. The summed E-state index contributed by atoms with van der Waals surface area (Å²) in [4.78, 5) is 11.1. The third-order valence-electron chi connectivity index (χ3n) is 1.98. The van der Waals surface area contributed by atoms with E-state index in [9.17, 15) is 4.79 Å². The van der Waals surface area contributed by atoms with Crippen molar-refractivity contribution >= 4 is 5.97 Å². The van der Waals surface area contributed by atoms with Crippen molar-refractivity contribution in [3.63, 3.8) is 0 Å². The fourth-order valence-electron chi connectivity index (χ4n) is 1.16. The molecule has 0 aliphatic carbocycles. The molecule has 0 aliphatic rings. The average molecular weight is 176 g/mol. The Morgan fingerprint density at radius 2 is 1.92 bits per heavy atom. The topological polar surface area (TPSA) is 66.8 Å². The van der Waals surface area contributed by atoms with Gasteiger partial charge in [0.25, 0.3) is 0 Å². The molecule has 0 aromatic rings. The van der Waals surface area contributed by atoms with E-state index < -0.39 is 11.8 Å². The number of aliphatic hydroxyl groups excluding tert-OH is 2. The van der Waals surface area contributed by atoms with E-state index in [2.05, 4.69) is 4.74 Å². The highest BCUT2D eigenvalue weighted by Crippen LogP contribution is 2.16. The second-order valence-corrected chi connectivity index (χ2v) is 2.66. The lowest BCUT2D eigenvalue weighted by Gasteiger charge is -2.19. The van der Waals surface area contributed by atoms with Crippen LogP contribution in [0.1, 0.15) is 13.3 Å². The quantitative estimate of drug-likeness (QED) is 0.569. The first-order valence-electron chi connectivity index (χ1n) is 4.00. The molecule has 0 radical (unpaired) electrons. The first-order chi connectivity index (χ1) is 5.71. The van der Waals surface area contributed by atoms with Crippen LogP contribution in [0.2, 0.25) is 0 Å². The molecule has 12 heavy (non-hydrogen) atoms. The minimum atomic E-state index is -0.401. The SMILES string of the molecule is CC[C@H](C(=O)OC)C(CO)CO. The summed E-state index contributed by atoms with van der Waals surface area (Å²) in [7, 11) is 1.30. The second-order valence-electron chi connectivity index (χ2n) is 2.66. The maximum Gasteiger partial charge on any atom is 0.309 e. The molecule has 4 nitrogen and oxygen atoms in total. The highest BCUT2D eigenvalue weighted by molar-refractivity contribution is 5.72. The average Bonchev–Trinajstić information content (AvgIpc) is 2.12. The molecule has 0 unspecified atom stereocenters. The van der Waals surface area contributed by atoms with Crippen LogP contribution < -0.4 is 0 Å². The van der Waals surface area contributed by atoms with Gasteiger partial charge in [-0.05, 0) is 6.42 Å². The van der Waals surface area contributed by atoms with Gasteiger partial charge in [-0.1, -0.05) is 6.92 Å². The van der Waals surface area contributed by atoms with Crippen LogP contribution in [0.15, 0.2) is 0 Å². The Hall–Kier alpha value is -0.610. The molecule has 72 valence electrons. The summed E-state index contributed by atoms with van der Waals surface area (Å²) in [6.07, 6.45) is 0.568. The van der Waals surface area contributed by atoms with Gasteiger partial charge in [-0.25, -0.2) is 0 Å². The molecule has 0 amide bonds. The largest absolute Gasteiger partial charge is 0.469 e. The zero-order valence-corrected chi connectivity index (χ0v) is 7.49. The summed E-state index contributed by atoms with van der Waals surface area (Å²) in [5.41, 5.74) is 0. The Morgan fingerprint density at radius 1 is 1.42 bits per heavy atom. The molecule has 0 heterocycles. The van der Waals surface area contributed by atoms with Crippen LogP contribution >= 0.6 is 0 Å². The molecular formula is C8H16O4. The zero-order valence-electron chi connectivity index (χ0n) is 7.49. The Labute approximate surface area is 72.2 Å². The number of carbonyl (C=O) groups is 1. The third-order valence-corrected chi connectivity index (χ3v) is 1.98. The van der Waals surface area contributed by atoms with Gasteiger partial charge < -0.3 is 14.9 Å².